The maximum atomic E-state index is 12.7. The normalized spacial score (nSPS) is 33.5. The van der Waals surface area contributed by atoms with Crippen LogP contribution >= 0.6 is 0 Å². The first-order chi connectivity index (χ1) is 10.2. The van der Waals surface area contributed by atoms with Crippen molar-refractivity contribution >= 4 is 5.91 Å². The van der Waals surface area contributed by atoms with Gasteiger partial charge in [-0.2, -0.15) is 0 Å². The minimum atomic E-state index is 0.0521. The Hall–Kier alpha value is -0.650. The molecule has 120 valence electrons. The summed E-state index contributed by atoms with van der Waals surface area (Å²) in [6.07, 6.45) is 3.87. The summed E-state index contributed by atoms with van der Waals surface area (Å²) in [6.45, 7) is 9.14. The van der Waals surface area contributed by atoms with Crippen LogP contribution in [0.1, 0.15) is 26.2 Å². The van der Waals surface area contributed by atoms with E-state index in [0.29, 0.717) is 5.91 Å². The standard InChI is InChI=1S/C16H30N4O/c1-13(16(21)19-10-6-17-7-11-19)20-9-5-15-14(12-20)4-3-8-18(15)2/h13-15,17H,3-12H2,1-2H3. The van der Waals surface area contributed by atoms with Gasteiger partial charge in [-0.1, -0.05) is 0 Å². The van der Waals surface area contributed by atoms with Gasteiger partial charge in [-0.25, -0.2) is 0 Å². The van der Waals surface area contributed by atoms with Gasteiger partial charge in [-0.3, -0.25) is 9.69 Å². The topological polar surface area (TPSA) is 38.8 Å². The van der Waals surface area contributed by atoms with Gasteiger partial charge in [0.25, 0.3) is 0 Å². The molecule has 5 heteroatoms. The molecule has 1 amide bonds. The molecule has 3 unspecified atom stereocenters. The molecule has 21 heavy (non-hydrogen) atoms. The molecule has 1 N–H and O–H groups in total. The van der Waals surface area contributed by atoms with Crippen molar-refractivity contribution in [1.82, 2.24) is 20.0 Å². The first-order valence-corrected chi connectivity index (χ1v) is 8.60. The number of piperidine rings is 2. The molecule has 3 aliphatic rings. The maximum Gasteiger partial charge on any atom is 0.239 e. The molecule has 5 nitrogen and oxygen atoms in total. The van der Waals surface area contributed by atoms with E-state index in [1.807, 2.05) is 4.90 Å². The van der Waals surface area contributed by atoms with Crippen LogP contribution < -0.4 is 5.32 Å². The average Bonchev–Trinajstić information content (AvgIpc) is 2.54. The van der Waals surface area contributed by atoms with Gasteiger partial charge in [0.05, 0.1) is 6.04 Å². The SMILES string of the molecule is CC(C(=O)N1CCNCC1)N1CCC2C(CCCN2C)C1. The van der Waals surface area contributed by atoms with Crippen LogP contribution in [0.5, 0.6) is 0 Å². The largest absolute Gasteiger partial charge is 0.339 e. The first kappa shape index (κ1) is 15.3. The lowest BCUT2D eigenvalue weighted by molar-refractivity contribution is -0.138. The van der Waals surface area contributed by atoms with Crippen LogP contribution in [-0.2, 0) is 4.79 Å². The maximum absolute atomic E-state index is 12.7. The fraction of sp³-hybridized carbons (Fsp3) is 0.938. The van der Waals surface area contributed by atoms with E-state index >= 15 is 0 Å². The third-order valence-electron chi connectivity index (χ3n) is 5.71. The number of rotatable bonds is 2. The van der Waals surface area contributed by atoms with Gasteiger partial charge in [-0.15, -0.1) is 0 Å². The highest BCUT2D eigenvalue weighted by atomic mass is 16.2. The molecule has 0 saturated carbocycles. The van der Waals surface area contributed by atoms with Gasteiger partial charge in [0.1, 0.15) is 0 Å². The van der Waals surface area contributed by atoms with Crippen LogP contribution in [0.25, 0.3) is 0 Å². The predicted octanol–water partition coefficient (Wildman–Crippen LogP) is 0.223. The number of nitrogens with zero attached hydrogens (tertiary/aromatic N) is 3. The highest BCUT2D eigenvalue weighted by Crippen LogP contribution is 2.30. The summed E-state index contributed by atoms with van der Waals surface area (Å²) in [5, 5.41) is 3.32. The van der Waals surface area contributed by atoms with Crippen molar-refractivity contribution in [3.8, 4) is 0 Å². The smallest absolute Gasteiger partial charge is 0.239 e. The fourth-order valence-corrected chi connectivity index (χ4v) is 4.34. The first-order valence-electron chi connectivity index (χ1n) is 8.60. The number of carbonyl (C=O) groups is 1. The van der Waals surface area contributed by atoms with Gasteiger partial charge in [-0.05, 0) is 45.7 Å². The van der Waals surface area contributed by atoms with E-state index in [2.05, 4.69) is 29.1 Å². The highest BCUT2D eigenvalue weighted by Gasteiger charge is 2.37. The minimum absolute atomic E-state index is 0.0521. The average molecular weight is 294 g/mol. The third kappa shape index (κ3) is 3.25. The van der Waals surface area contributed by atoms with Gasteiger partial charge in [0.15, 0.2) is 0 Å². The lowest BCUT2D eigenvalue weighted by Gasteiger charge is -2.47. The molecule has 3 saturated heterocycles. The second-order valence-corrected chi connectivity index (χ2v) is 6.99. The molecule has 3 rings (SSSR count). The Bertz CT molecular complexity index is 369. The minimum Gasteiger partial charge on any atom is -0.339 e. The second kappa shape index (κ2) is 6.63. The van der Waals surface area contributed by atoms with Crippen molar-refractivity contribution in [3.63, 3.8) is 0 Å². The van der Waals surface area contributed by atoms with E-state index in [1.54, 1.807) is 0 Å². The fourth-order valence-electron chi connectivity index (χ4n) is 4.34. The van der Waals surface area contributed by atoms with E-state index in [4.69, 9.17) is 0 Å². The Labute approximate surface area is 128 Å². The van der Waals surface area contributed by atoms with E-state index in [9.17, 15) is 4.79 Å². The summed E-state index contributed by atoms with van der Waals surface area (Å²) in [6, 6.07) is 0.799. The Balaban J connectivity index is 1.58. The Morgan fingerprint density at radius 2 is 1.90 bits per heavy atom. The van der Waals surface area contributed by atoms with Crippen LogP contribution in [0.15, 0.2) is 0 Å². The molecule has 3 atom stereocenters. The van der Waals surface area contributed by atoms with Gasteiger partial charge in [0.2, 0.25) is 5.91 Å². The molecule has 0 radical (unpaired) electrons. The zero-order valence-corrected chi connectivity index (χ0v) is 13.6. The number of hydrogen-bond acceptors (Lipinski definition) is 4. The predicted molar refractivity (Wildman–Crippen MR) is 84.2 cm³/mol. The molecular weight excluding hydrogens is 264 g/mol. The number of piperazine rings is 1. The summed E-state index contributed by atoms with van der Waals surface area (Å²) < 4.78 is 0. The number of likely N-dealkylation sites (tertiary alicyclic amines) is 2. The molecule has 3 fully saturated rings. The molecule has 0 aromatic rings. The van der Waals surface area contributed by atoms with Gasteiger partial charge >= 0.3 is 0 Å². The summed E-state index contributed by atoms with van der Waals surface area (Å²) in [5.41, 5.74) is 0. The number of amides is 1. The summed E-state index contributed by atoms with van der Waals surface area (Å²) >= 11 is 0. The molecule has 0 spiro atoms. The van der Waals surface area contributed by atoms with Crippen LogP contribution in [-0.4, -0.2) is 85.6 Å². The summed E-state index contributed by atoms with van der Waals surface area (Å²) in [5.74, 6) is 1.09. The molecule has 0 aliphatic carbocycles. The lowest BCUT2D eigenvalue weighted by Crippen LogP contribution is -2.58. The lowest BCUT2D eigenvalue weighted by atomic mass is 9.83. The van der Waals surface area contributed by atoms with Crippen LogP contribution in [0.2, 0.25) is 0 Å². The molecule has 3 aliphatic heterocycles. The van der Waals surface area contributed by atoms with E-state index in [1.165, 1.54) is 25.8 Å². The van der Waals surface area contributed by atoms with E-state index < -0.39 is 0 Å². The van der Waals surface area contributed by atoms with Crippen LogP contribution in [0, 0.1) is 5.92 Å². The van der Waals surface area contributed by atoms with Crippen molar-refractivity contribution in [2.45, 2.75) is 38.3 Å². The van der Waals surface area contributed by atoms with Crippen LogP contribution in [0.3, 0.4) is 0 Å². The van der Waals surface area contributed by atoms with E-state index in [-0.39, 0.29) is 6.04 Å². The molecule has 0 aromatic carbocycles. The second-order valence-electron chi connectivity index (χ2n) is 6.99. The van der Waals surface area contributed by atoms with Gasteiger partial charge < -0.3 is 15.1 Å². The number of nitrogens with one attached hydrogen (secondary N) is 1. The quantitative estimate of drug-likeness (QED) is 0.791. The highest BCUT2D eigenvalue weighted by molar-refractivity contribution is 5.81. The number of hydrogen-bond donors (Lipinski definition) is 1. The molecular formula is C16H30N4O. The monoisotopic (exact) mass is 294 g/mol. The van der Waals surface area contributed by atoms with Crippen molar-refractivity contribution in [2.24, 2.45) is 5.92 Å². The van der Waals surface area contributed by atoms with Crippen molar-refractivity contribution < 1.29 is 4.79 Å². The molecule has 3 heterocycles. The Morgan fingerprint density at radius 3 is 2.67 bits per heavy atom. The molecule has 0 bridgehead atoms. The number of fused-ring (bicyclic) bond motifs is 1. The van der Waals surface area contributed by atoms with Gasteiger partial charge in [0, 0.05) is 45.3 Å². The van der Waals surface area contributed by atoms with Crippen molar-refractivity contribution in [1.29, 1.82) is 0 Å². The summed E-state index contributed by atoms with van der Waals surface area (Å²) in [4.78, 5) is 19.7. The Morgan fingerprint density at radius 1 is 1.14 bits per heavy atom. The van der Waals surface area contributed by atoms with Crippen molar-refractivity contribution in [2.75, 3.05) is 52.9 Å². The zero-order valence-electron chi connectivity index (χ0n) is 13.6. The third-order valence-corrected chi connectivity index (χ3v) is 5.71. The Kier molecular flexibility index (Phi) is 4.82. The van der Waals surface area contributed by atoms with E-state index in [0.717, 1.165) is 51.2 Å². The van der Waals surface area contributed by atoms with Crippen LogP contribution in [0.4, 0.5) is 0 Å². The molecule has 0 aromatic heterocycles. The summed E-state index contributed by atoms with van der Waals surface area (Å²) in [7, 11) is 2.27. The zero-order chi connectivity index (χ0) is 14.8. The number of carbonyl (C=O) groups excluding carboxylic acids is 1. The van der Waals surface area contributed by atoms with Crippen molar-refractivity contribution in [3.05, 3.63) is 0 Å².